The van der Waals surface area contributed by atoms with E-state index < -0.39 is 17.7 Å². The number of hydrogen-bond acceptors (Lipinski definition) is 6. The number of thiazole rings is 1. The van der Waals surface area contributed by atoms with Crippen LogP contribution in [0.5, 0.6) is 5.75 Å². The Hall–Kier alpha value is -3.68. The smallest absolute Gasteiger partial charge is 0.301 e. The lowest BCUT2D eigenvalue weighted by Crippen LogP contribution is -2.29. The fraction of sp³-hybridized carbons (Fsp3) is 0.115. The quantitative estimate of drug-likeness (QED) is 0.211. The van der Waals surface area contributed by atoms with Crippen molar-refractivity contribution in [3.63, 3.8) is 0 Å². The normalized spacial score (nSPS) is 17.5. The number of fused-ring (bicyclic) bond motifs is 1. The Balaban J connectivity index is 1.68. The van der Waals surface area contributed by atoms with Gasteiger partial charge >= 0.3 is 5.91 Å². The Morgan fingerprint density at radius 2 is 1.82 bits per heavy atom. The summed E-state index contributed by atoms with van der Waals surface area (Å²) in [6, 6.07) is 20.3. The third-order valence-electron chi connectivity index (χ3n) is 5.54. The molecule has 1 aromatic heterocycles. The lowest BCUT2D eigenvalue weighted by Gasteiger charge is -2.22. The molecule has 6 nitrogen and oxygen atoms in total. The highest BCUT2D eigenvalue weighted by molar-refractivity contribution is 7.22. The van der Waals surface area contributed by atoms with Crippen molar-refractivity contribution in [2.24, 2.45) is 0 Å². The molecule has 170 valence electrons. The first kappa shape index (κ1) is 22.1. The Labute approximate surface area is 204 Å². The zero-order valence-electron chi connectivity index (χ0n) is 18.1. The van der Waals surface area contributed by atoms with Crippen molar-refractivity contribution in [2.75, 3.05) is 11.5 Å². The fourth-order valence-electron chi connectivity index (χ4n) is 4.00. The van der Waals surface area contributed by atoms with E-state index in [0.717, 1.165) is 4.70 Å². The Kier molecular flexibility index (Phi) is 5.81. The van der Waals surface area contributed by atoms with Crippen LogP contribution in [0.15, 0.2) is 78.4 Å². The van der Waals surface area contributed by atoms with Crippen LogP contribution >= 0.6 is 22.9 Å². The van der Waals surface area contributed by atoms with Crippen LogP contribution in [0.2, 0.25) is 5.02 Å². The summed E-state index contributed by atoms with van der Waals surface area (Å²) in [6.45, 7) is 2.44. The molecule has 1 aliphatic heterocycles. The van der Waals surface area contributed by atoms with Crippen LogP contribution in [0, 0.1) is 0 Å². The Morgan fingerprint density at radius 3 is 2.53 bits per heavy atom. The van der Waals surface area contributed by atoms with Gasteiger partial charge in [0.1, 0.15) is 11.5 Å². The van der Waals surface area contributed by atoms with Gasteiger partial charge < -0.3 is 9.84 Å². The number of benzene rings is 3. The van der Waals surface area contributed by atoms with E-state index in [0.29, 0.717) is 39.2 Å². The van der Waals surface area contributed by atoms with Gasteiger partial charge in [-0.2, -0.15) is 0 Å². The largest absolute Gasteiger partial charge is 0.507 e. The summed E-state index contributed by atoms with van der Waals surface area (Å²) >= 11 is 7.27. The molecule has 1 aliphatic rings. The number of ketones is 1. The van der Waals surface area contributed by atoms with Crippen molar-refractivity contribution in [2.45, 2.75) is 13.0 Å². The van der Waals surface area contributed by atoms with Crippen LogP contribution in [0.3, 0.4) is 0 Å². The van der Waals surface area contributed by atoms with E-state index in [1.165, 1.54) is 16.2 Å². The number of amides is 1. The minimum atomic E-state index is -0.830. The zero-order valence-corrected chi connectivity index (χ0v) is 19.6. The van der Waals surface area contributed by atoms with E-state index in [-0.39, 0.29) is 11.3 Å². The van der Waals surface area contributed by atoms with Gasteiger partial charge in [-0.05, 0) is 55.0 Å². The van der Waals surface area contributed by atoms with Crippen LogP contribution in [0.25, 0.3) is 16.0 Å². The number of rotatable bonds is 5. The molecule has 5 rings (SSSR count). The van der Waals surface area contributed by atoms with Gasteiger partial charge in [0, 0.05) is 10.6 Å². The Morgan fingerprint density at radius 1 is 1.09 bits per heavy atom. The molecule has 34 heavy (non-hydrogen) atoms. The summed E-state index contributed by atoms with van der Waals surface area (Å²) in [5.41, 5.74) is 1.78. The molecule has 0 spiro atoms. The van der Waals surface area contributed by atoms with Gasteiger partial charge in [-0.1, -0.05) is 53.3 Å². The monoisotopic (exact) mass is 490 g/mol. The third-order valence-corrected chi connectivity index (χ3v) is 6.81. The molecule has 1 N–H and O–H groups in total. The average molecular weight is 491 g/mol. The third kappa shape index (κ3) is 3.83. The maximum atomic E-state index is 13.3. The number of hydrogen-bond donors (Lipinski definition) is 1. The van der Waals surface area contributed by atoms with Gasteiger partial charge in [-0.15, -0.1) is 0 Å². The number of anilines is 1. The number of aliphatic hydroxyl groups excluding tert-OH is 1. The maximum Gasteiger partial charge on any atom is 0.301 e. The molecule has 0 saturated carbocycles. The summed E-state index contributed by atoms with van der Waals surface area (Å²) in [7, 11) is 0. The molecular weight excluding hydrogens is 472 g/mol. The summed E-state index contributed by atoms with van der Waals surface area (Å²) < 4.78 is 6.40. The lowest BCUT2D eigenvalue weighted by molar-refractivity contribution is -0.132. The van der Waals surface area contributed by atoms with Gasteiger partial charge in [0.25, 0.3) is 5.78 Å². The van der Waals surface area contributed by atoms with Crippen LogP contribution in [-0.4, -0.2) is 28.4 Å². The molecule has 0 bridgehead atoms. The number of nitrogens with zero attached hydrogens (tertiary/aromatic N) is 2. The van der Waals surface area contributed by atoms with Crippen molar-refractivity contribution in [1.29, 1.82) is 0 Å². The predicted molar refractivity (Wildman–Crippen MR) is 133 cm³/mol. The second-order valence-corrected chi connectivity index (χ2v) is 9.09. The molecule has 0 radical (unpaired) electrons. The SMILES string of the molecule is CCOc1ccc2nc(N3C(=O)C(=O)/C(=C(/O)c4ccc(Cl)cc4)[C@@H]3c3ccccc3)sc2c1. The molecule has 2 heterocycles. The first-order valence-corrected chi connectivity index (χ1v) is 11.8. The molecule has 8 heteroatoms. The number of halogens is 1. The van der Waals surface area contributed by atoms with Crippen LogP contribution < -0.4 is 9.64 Å². The van der Waals surface area contributed by atoms with Crippen molar-refractivity contribution < 1.29 is 19.4 Å². The van der Waals surface area contributed by atoms with Gasteiger partial charge in [0.15, 0.2) is 5.13 Å². The highest BCUT2D eigenvalue weighted by atomic mass is 35.5. The van der Waals surface area contributed by atoms with Crippen LogP contribution in [0.4, 0.5) is 5.13 Å². The summed E-state index contributed by atoms with van der Waals surface area (Å²) in [4.78, 5) is 32.5. The number of aliphatic hydroxyl groups is 1. The Bertz CT molecular complexity index is 1430. The second kappa shape index (κ2) is 8.93. The maximum absolute atomic E-state index is 13.3. The topological polar surface area (TPSA) is 79.7 Å². The standard InChI is InChI=1S/C26H19ClN2O4S/c1-2-33-18-12-13-19-20(14-18)34-26(28-19)29-22(15-6-4-3-5-7-15)21(24(31)25(29)32)23(30)16-8-10-17(27)11-9-16/h3-14,22,30H,2H2,1H3/b23-21+/t22-/m0/s1. The van der Waals surface area contributed by atoms with Crippen molar-refractivity contribution in [1.82, 2.24) is 4.98 Å². The molecule has 1 saturated heterocycles. The highest BCUT2D eigenvalue weighted by Gasteiger charge is 2.48. The summed E-state index contributed by atoms with van der Waals surface area (Å²) in [5.74, 6) is -1.07. The van der Waals surface area contributed by atoms with E-state index in [4.69, 9.17) is 16.3 Å². The first-order chi connectivity index (χ1) is 16.5. The molecule has 3 aromatic carbocycles. The number of ether oxygens (including phenoxy) is 1. The van der Waals surface area contributed by atoms with Crippen LogP contribution in [0.1, 0.15) is 24.1 Å². The highest BCUT2D eigenvalue weighted by Crippen LogP contribution is 2.44. The summed E-state index contributed by atoms with van der Waals surface area (Å²) in [6.07, 6.45) is 0. The first-order valence-electron chi connectivity index (χ1n) is 10.6. The molecular formula is C26H19ClN2O4S. The van der Waals surface area contributed by atoms with Gasteiger partial charge in [-0.25, -0.2) is 4.98 Å². The van der Waals surface area contributed by atoms with Crippen molar-refractivity contribution in [3.05, 3.63) is 94.5 Å². The van der Waals surface area contributed by atoms with Crippen molar-refractivity contribution in [3.8, 4) is 5.75 Å². The van der Waals surface area contributed by atoms with Gasteiger partial charge in [0.05, 0.1) is 28.4 Å². The van der Waals surface area contributed by atoms with E-state index in [2.05, 4.69) is 4.98 Å². The fourth-order valence-corrected chi connectivity index (χ4v) is 5.14. The number of Topliss-reactive ketones (excluding diaryl/α,β-unsaturated/α-hetero) is 1. The molecule has 0 aliphatic carbocycles. The van der Waals surface area contributed by atoms with E-state index >= 15 is 0 Å². The van der Waals surface area contributed by atoms with E-state index in [1.54, 1.807) is 24.3 Å². The lowest BCUT2D eigenvalue weighted by atomic mass is 9.95. The van der Waals surface area contributed by atoms with Gasteiger partial charge in [0.2, 0.25) is 0 Å². The van der Waals surface area contributed by atoms with E-state index in [9.17, 15) is 14.7 Å². The second-order valence-electron chi connectivity index (χ2n) is 7.65. The van der Waals surface area contributed by atoms with Crippen LogP contribution in [-0.2, 0) is 9.59 Å². The molecule has 1 amide bonds. The average Bonchev–Trinajstić information content (AvgIpc) is 3.38. The summed E-state index contributed by atoms with van der Waals surface area (Å²) in [5, 5.41) is 12.0. The number of carbonyl (C=O) groups excluding carboxylic acids is 2. The molecule has 4 aromatic rings. The van der Waals surface area contributed by atoms with Gasteiger partial charge in [-0.3, -0.25) is 14.5 Å². The molecule has 1 fully saturated rings. The zero-order chi connectivity index (χ0) is 23.8. The number of carbonyl (C=O) groups is 2. The van der Waals surface area contributed by atoms with Crippen molar-refractivity contribution >= 4 is 55.7 Å². The molecule has 1 atom stereocenters. The molecule has 0 unspecified atom stereocenters. The van der Waals surface area contributed by atoms with E-state index in [1.807, 2.05) is 55.5 Å². The minimum Gasteiger partial charge on any atom is -0.507 e. The minimum absolute atomic E-state index is 0.00721. The predicted octanol–water partition coefficient (Wildman–Crippen LogP) is 5.97. The number of aromatic nitrogens is 1.